The molecule has 0 saturated heterocycles. The van der Waals surface area contributed by atoms with Crippen LogP contribution in [0.2, 0.25) is 15.1 Å². The third-order valence-electron chi connectivity index (χ3n) is 5.49. The highest BCUT2D eigenvalue weighted by atomic mass is 35.5. The number of likely N-dealkylation sites (N-methyl/N-ethyl adjacent to an activating group) is 1. The monoisotopic (exact) mass is 566 g/mol. The molecule has 0 radical (unpaired) electrons. The summed E-state index contributed by atoms with van der Waals surface area (Å²) in [5.41, 5.74) is 2.01. The van der Waals surface area contributed by atoms with Gasteiger partial charge in [0.05, 0.1) is 15.8 Å². The Bertz CT molecular complexity index is 1180. The van der Waals surface area contributed by atoms with Crippen LogP contribution in [0.3, 0.4) is 0 Å². The van der Waals surface area contributed by atoms with Crippen LogP contribution in [-0.2, 0) is 28.3 Å². The number of thioether (sulfide) groups is 1. The average Bonchev–Trinajstić information content (AvgIpc) is 2.86. The van der Waals surface area contributed by atoms with Crippen molar-refractivity contribution in [2.75, 3.05) is 12.3 Å². The summed E-state index contributed by atoms with van der Waals surface area (Å²) in [5, 5.41) is 3.93. The number of nitrogens with one attached hydrogen (secondary N) is 1. The molecule has 0 heterocycles. The van der Waals surface area contributed by atoms with Crippen LogP contribution in [0.5, 0.6) is 0 Å². The third kappa shape index (κ3) is 7.87. The van der Waals surface area contributed by atoms with E-state index in [0.29, 0.717) is 33.6 Å². The summed E-state index contributed by atoms with van der Waals surface area (Å²) in [6, 6.07) is 18.4. The first kappa shape index (κ1) is 28.3. The minimum atomic E-state index is -0.757. The molecule has 1 atom stereocenters. The molecule has 0 aliphatic heterocycles. The molecule has 4 nitrogen and oxygen atoms in total. The van der Waals surface area contributed by atoms with Crippen molar-refractivity contribution in [1.82, 2.24) is 10.2 Å². The van der Waals surface area contributed by atoms with Crippen molar-refractivity contribution >= 4 is 58.4 Å². The Labute approximate surface area is 230 Å². The van der Waals surface area contributed by atoms with Crippen LogP contribution in [0, 0.1) is 5.82 Å². The van der Waals surface area contributed by atoms with Gasteiger partial charge >= 0.3 is 0 Å². The molecule has 0 aliphatic carbocycles. The summed E-state index contributed by atoms with van der Waals surface area (Å²) >= 11 is 19.7. The quantitative estimate of drug-likeness (QED) is 0.277. The topological polar surface area (TPSA) is 49.4 Å². The number of hydrogen-bond acceptors (Lipinski definition) is 3. The number of halogens is 4. The van der Waals surface area contributed by atoms with Gasteiger partial charge in [-0.15, -0.1) is 11.8 Å². The van der Waals surface area contributed by atoms with Gasteiger partial charge in [0.2, 0.25) is 11.8 Å². The fourth-order valence-corrected chi connectivity index (χ4v) is 5.24. The lowest BCUT2D eigenvalue weighted by atomic mass is 10.0. The minimum Gasteiger partial charge on any atom is -0.355 e. The van der Waals surface area contributed by atoms with E-state index in [9.17, 15) is 14.0 Å². The Morgan fingerprint density at radius 3 is 2.36 bits per heavy atom. The second-order valence-corrected chi connectivity index (χ2v) is 10.3. The first-order chi connectivity index (χ1) is 17.3. The fourth-order valence-electron chi connectivity index (χ4n) is 3.67. The van der Waals surface area contributed by atoms with Gasteiger partial charge in [0.25, 0.3) is 0 Å². The van der Waals surface area contributed by atoms with Crippen molar-refractivity contribution in [2.24, 2.45) is 0 Å². The number of nitrogens with zero attached hydrogens (tertiary/aromatic N) is 1. The van der Waals surface area contributed by atoms with Crippen LogP contribution < -0.4 is 5.32 Å². The zero-order valence-corrected chi connectivity index (χ0v) is 22.7. The largest absolute Gasteiger partial charge is 0.355 e. The first-order valence-electron chi connectivity index (χ1n) is 11.4. The van der Waals surface area contributed by atoms with Gasteiger partial charge < -0.3 is 10.2 Å². The maximum atomic E-state index is 14.2. The number of hydrogen-bond donors (Lipinski definition) is 1. The second-order valence-electron chi connectivity index (χ2n) is 8.06. The predicted molar refractivity (Wildman–Crippen MR) is 147 cm³/mol. The molecule has 0 bridgehead atoms. The van der Waals surface area contributed by atoms with Gasteiger partial charge in [0.15, 0.2) is 0 Å². The minimum absolute atomic E-state index is 0.0384. The van der Waals surface area contributed by atoms with Gasteiger partial charge in [0, 0.05) is 35.8 Å². The summed E-state index contributed by atoms with van der Waals surface area (Å²) in [7, 11) is 0. The predicted octanol–water partition coefficient (Wildman–Crippen LogP) is 6.80. The molecular formula is C27H26Cl3FN2O2S. The summed E-state index contributed by atoms with van der Waals surface area (Å²) in [6.45, 7) is 2.42. The molecule has 1 N–H and O–H groups in total. The molecule has 0 aromatic heterocycles. The number of amides is 2. The van der Waals surface area contributed by atoms with E-state index in [1.54, 1.807) is 29.2 Å². The van der Waals surface area contributed by atoms with E-state index in [0.717, 1.165) is 11.1 Å². The summed E-state index contributed by atoms with van der Waals surface area (Å²) < 4.78 is 14.2. The SMILES string of the molecule is CCNC(=O)C(Cc1ccccc1)N(Cc1ccc(Cl)c(Cl)c1)C(=O)CSCc1c(F)cccc1Cl. The lowest BCUT2D eigenvalue weighted by Crippen LogP contribution is -2.51. The van der Waals surface area contributed by atoms with Gasteiger partial charge in [0.1, 0.15) is 11.9 Å². The van der Waals surface area contributed by atoms with Crippen LogP contribution in [0.4, 0.5) is 4.39 Å². The molecule has 0 fully saturated rings. The highest BCUT2D eigenvalue weighted by molar-refractivity contribution is 7.99. The van der Waals surface area contributed by atoms with Crippen molar-refractivity contribution in [3.8, 4) is 0 Å². The molecule has 190 valence electrons. The van der Waals surface area contributed by atoms with E-state index in [1.807, 2.05) is 37.3 Å². The smallest absolute Gasteiger partial charge is 0.243 e. The van der Waals surface area contributed by atoms with Gasteiger partial charge in [-0.3, -0.25) is 9.59 Å². The molecular weight excluding hydrogens is 542 g/mol. The van der Waals surface area contributed by atoms with Gasteiger partial charge in [-0.2, -0.15) is 0 Å². The van der Waals surface area contributed by atoms with Crippen LogP contribution in [0.25, 0.3) is 0 Å². The maximum Gasteiger partial charge on any atom is 0.243 e. The Morgan fingerprint density at radius 2 is 1.69 bits per heavy atom. The molecule has 3 aromatic carbocycles. The van der Waals surface area contributed by atoms with Gasteiger partial charge in [-0.25, -0.2) is 4.39 Å². The molecule has 1 unspecified atom stereocenters. The van der Waals surface area contributed by atoms with E-state index in [1.165, 1.54) is 23.9 Å². The Morgan fingerprint density at radius 1 is 0.944 bits per heavy atom. The molecule has 0 spiro atoms. The number of benzene rings is 3. The summed E-state index contributed by atoms with van der Waals surface area (Å²) in [6.07, 6.45) is 0.337. The van der Waals surface area contributed by atoms with E-state index in [-0.39, 0.29) is 29.9 Å². The molecule has 2 amide bonds. The number of carbonyl (C=O) groups excluding carboxylic acids is 2. The zero-order chi connectivity index (χ0) is 26.1. The third-order valence-corrected chi connectivity index (χ3v) is 7.53. The second kappa shape index (κ2) is 13.9. The molecule has 3 aromatic rings. The summed E-state index contributed by atoms with van der Waals surface area (Å²) in [4.78, 5) is 28.3. The highest BCUT2D eigenvalue weighted by Crippen LogP contribution is 2.26. The Balaban J connectivity index is 1.87. The Kier molecular flexibility index (Phi) is 10.9. The molecule has 36 heavy (non-hydrogen) atoms. The van der Waals surface area contributed by atoms with E-state index >= 15 is 0 Å². The van der Waals surface area contributed by atoms with E-state index < -0.39 is 11.9 Å². The van der Waals surface area contributed by atoms with Gasteiger partial charge in [-0.1, -0.05) is 77.3 Å². The fraction of sp³-hybridized carbons (Fsp3) is 0.259. The zero-order valence-electron chi connectivity index (χ0n) is 19.6. The first-order valence-corrected chi connectivity index (χ1v) is 13.6. The molecule has 3 rings (SSSR count). The highest BCUT2D eigenvalue weighted by Gasteiger charge is 2.30. The van der Waals surface area contributed by atoms with Gasteiger partial charge in [-0.05, 0) is 42.3 Å². The van der Waals surface area contributed by atoms with E-state index in [4.69, 9.17) is 34.8 Å². The normalized spacial score (nSPS) is 11.7. The lowest BCUT2D eigenvalue weighted by molar-refractivity contribution is -0.139. The standard InChI is InChI=1S/C27H26Cl3FN2O2S/c1-2-32-27(35)25(14-18-7-4-3-5-8-18)33(15-19-11-12-22(29)23(30)13-19)26(34)17-36-16-20-21(28)9-6-10-24(20)31/h3-13,25H,2,14-17H2,1H3,(H,32,35). The lowest BCUT2D eigenvalue weighted by Gasteiger charge is -2.31. The molecule has 9 heteroatoms. The van der Waals surface area contributed by atoms with Crippen LogP contribution >= 0.6 is 46.6 Å². The average molecular weight is 568 g/mol. The van der Waals surface area contributed by atoms with Crippen molar-refractivity contribution in [1.29, 1.82) is 0 Å². The Hall–Kier alpha value is -2.25. The van der Waals surface area contributed by atoms with Crippen molar-refractivity contribution in [3.05, 3.63) is 104 Å². The van der Waals surface area contributed by atoms with Crippen LogP contribution in [0.1, 0.15) is 23.6 Å². The maximum absolute atomic E-state index is 14.2. The van der Waals surface area contributed by atoms with Crippen molar-refractivity contribution in [3.63, 3.8) is 0 Å². The number of carbonyl (C=O) groups is 2. The van der Waals surface area contributed by atoms with Crippen molar-refractivity contribution in [2.45, 2.75) is 31.7 Å². The van der Waals surface area contributed by atoms with E-state index in [2.05, 4.69) is 5.32 Å². The van der Waals surface area contributed by atoms with Crippen molar-refractivity contribution < 1.29 is 14.0 Å². The summed E-state index contributed by atoms with van der Waals surface area (Å²) in [5.74, 6) is -0.666. The number of rotatable bonds is 11. The van der Waals surface area contributed by atoms with Crippen LogP contribution in [-0.4, -0.2) is 35.1 Å². The molecule has 0 saturated carbocycles. The van der Waals surface area contributed by atoms with Crippen LogP contribution in [0.15, 0.2) is 66.7 Å². The molecule has 0 aliphatic rings.